The number of hydrogen-bond acceptors (Lipinski definition) is 6. The first kappa shape index (κ1) is 20.1. The van der Waals surface area contributed by atoms with E-state index in [2.05, 4.69) is 32.2 Å². The second-order valence-corrected chi connectivity index (χ2v) is 8.82. The fourth-order valence-corrected chi connectivity index (χ4v) is 4.28. The second kappa shape index (κ2) is 8.13. The Morgan fingerprint density at radius 2 is 1.67 bits per heavy atom. The van der Waals surface area contributed by atoms with Gasteiger partial charge in [0.2, 0.25) is 5.89 Å². The Morgan fingerprint density at radius 3 is 2.48 bits per heavy atom. The molecule has 0 aliphatic rings. The normalized spacial score (nSPS) is 11.6. The predicted molar refractivity (Wildman–Crippen MR) is 129 cm³/mol. The molecule has 7 nitrogen and oxygen atoms in total. The van der Waals surface area contributed by atoms with Crippen LogP contribution in [0.4, 0.5) is 0 Å². The van der Waals surface area contributed by atoms with E-state index in [1.807, 2.05) is 41.0 Å². The Hall–Kier alpha value is -3.49. The van der Waals surface area contributed by atoms with E-state index < -0.39 is 0 Å². The van der Waals surface area contributed by atoms with Crippen LogP contribution in [0.2, 0.25) is 5.02 Å². The lowest BCUT2D eigenvalue weighted by Crippen LogP contribution is -2.01. The summed E-state index contributed by atoms with van der Waals surface area (Å²) in [4.78, 5) is 9.77. The molecular weight excluding hydrogens is 506 g/mol. The van der Waals surface area contributed by atoms with Crippen LogP contribution >= 0.6 is 27.5 Å². The van der Waals surface area contributed by atoms with Gasteiger partial charge in [-0.15, -0.1) is 10.2 Å². The van der Waals surface area contributed by atoms with E-state index in [0.717, 1.165) is 37.6 Å². The summed E-state index contributed by atoms with van der Waals surface area (Å²) in [5.41, 5.74) is 4.26. The Bertz CT molecular complexity index is 1630. The van der Waals surface area contributed by atoms with Crippen LogP contribution in [0.25, 0.3) is 33.1 Å². The lowest BCUT2D eigenvalue weighted by Gasteiger charge is -2.04. The molecule has 0 fully saturated rings. The highest BCUT2D eigenvalue weighted by atomic mass is 79.9. The fourth-order valence-electron chi connectivity index (χ4n) is 3.79. The predicted octanol–water partition coefficient (Wildman–Crippen LogP) is 6.16. The molecule has 0 unspecified atom stereocenters. The summed E-state index contributed by atoms with van der Waals surface area (Å²) in [6, 6.07) is 21.0. The number of aromatic nitrogens is 5. The van der Waals surface area contributed by atoms with Crippen LogP contribution in [0.5, 0.6) is 5.75 Å². The molecule has 0 aliphatic carbocycles. The van der Waals surface area contributed by atoms with Crippen molar-refractivity contribution in [3.8, 4) is 5.75 Å². The van der Waals surface area contributed by atoms with Gasteiger partial charge in [0.15, 0.2) is 12.3 Å². The number of para-hydroxylation sites is 2. The van der Waals surface area contributed by atoms with Crippen LogP contribution in [0.15, 0.2) is 75.6 Å². The Labute approximate surface area is 201 Å². The molecule has 33 heavy (non-hydrogen) atoms. The zero-order chi connectivity index (χ0) is 22.4. The molecule has 9 heteroatoms. The molecule has 0 bridgehead atoms. The average Bonchev–Trinajstić information content (AvgIpc) is 3.40. The molecule has 0 saturated heterocycles. The van der Waals surface area contributed by atoms with Crippen molar-refractivity contribution in [1.82, 2.24) is 24.7 Å². The minimum absolute atomic E-state index is 0.166. The number of ether oxygens (including phenoxy) is 1. The molecule has 0 N–H and O–H groups in total. The second-order valence-electron chi connectivity index (χ2n) is 7.46. The van der Waals surface area contributed by atoms with Gasteiger partial charge in [0.1, 0.15) is 17.8 Å². The van der Waals surface area contributed by atoms with Crippen LogP contribution in [0, 0.1) is 0 Å². The summed E-state index contributed by atoms with van der Waals surface area (Å²) < 4.78 is 14.6. The van der Waals surface area contributed by atoms with Gasteiger partial charge in [-0.2, -0.15) is 0 Å². The SMILES string of the molecule is Clc1ccc(OCc2nnc(Cn3c4ccc(Br)cc4c4nc5ccccc5nc43)o2)cc1. The quantitative estimate of drug-likeness (QED) is 0.271. The first-order valence-corrected chi connectivity index (χ1v) is 11.3. The average molecular weight is 521 g/mol. The van der Waals surface area contributed by atoms with Gasteiger partial charge in [0, 0.05) is 14.9 Å². The van der Waals surface area contributed by atoms with Crippen molar-refractivity contribution in [1.29, 1.82) is 0 Å². The standard InChI is InChI=1S/C24H15BrClN5O2/c25-14-5-10-20-17(11-14)23-24(28-19-4-2-1-3-18(19)27-23)31(20)12-21-29-30-22(33-21)13-32-16-8-6-15(26)7-9-16/h1-11H,12-13H2. The summed E-state index contributed by atoms with van der Waals surface area (Å²) in [7, 11) is 0. The van der Waals surface area contributed by atoms with Crippen molar-refractivity contribution in [2.45, 2.75) is 13.2 Å². The molecule has 6 rings (SSSR count). The van der Waals surface area contributed by atoms with Gasteiger partial charge in [-0.3, -0.25) is 0 Å². The number of fused-ring (bicyclic) bond motifs is 4. The van der Waals surface area contributed by atoms with E-state index in [-0.39, 0.29) is 6.61 Å². The molecule has 3 aromatic heterocycles. The third-order valence-corrected chi connectivity index (χ3v) is 6.04. The lowest BCUT2D eigenvalue weighted by molar-refractivity contribution is 0.258. The summed E-state index contributed by atoms with van der Waals surface area (Å²) >= 11 is 9.48. The smallest absolute Gasteiger partial charge is 0.253 e. The molecule has 6 aromatic rings. The van der Waals surface area contributed by atoms with Gasteiger partial charge in [-0.25, -0.2) is 9.97 Å². The van der Waals surface area contributed by atoms with Crippen molar-refractivity contribution in [3.63, 3.8) is 0 Å². The molecule has 162 valence electrons. The highest BCUT2D eigenvalue weighted by Crippen LogP contribution is 2.31. The van der Waals surface area contributed by atoms with E-state index in [1.54, 1.807) is 24.3 Å². The highest BCUT2D eigenvalue weighted by molar-refractivity contribution is 9.10. The van der Waals surface area contributed by atoms with Gasteiger partial charge < -0.3 is 13.7 Å². The zero-order valence-corrected chi connectivity index (χ0v) is 19.4. The van der Waals surface area contributed by atoms with Crippen molar-refractivity contribution in [2.75, 3.05) is 0 Å². The molecule has 0 amide bonds. The van der Waals surface area contributed by atoms with Gasteiger partial charge in [-0.1, -0.05) is 39.7 Å². The number of nitrogens with zero attached hydrogens (tertiary/aromatic N) is 5. The van der Waals surface area contributed by atoms with Crippen molar-refractivity contribution in [3.05, 3.63) is 88.0 Å². The minimum atomic E-state index is 0.166. The molecule has 0 aliphatic heterocycles. The van der Waals surface area contributed by atoms with Crippen LogP contribution < -0.4 is 4.74 Å². The summed E-state index contributed by atoms with van der Waals surface area (Å²) in [5.74, 6) is 1.52. The Kier molecular flexibility index (Phi) is 4.96. The van der Waals surface area contributed by atoms with E-state index in [9.17, 15) is 0 Å². The Morgan fingerprint density at radius 1 is 0.909 bits per heavy atom. The molecule has 3 aromatic carbocycles. The fraction of sp³-hybridized carbons (Fsp3) is 0.0833. The van der Waals surface area contributed by atoms with Crippen molar-refractivity contribution >= 4 is 60.6 Å². The molecule has 0 atom stereocenters. The number of rotatable bonds is 5. The topological polar surface area (TPSA) is 78.9 Å². The molecule has 0 spiro atoms. The third-order valence-electron chi connectivity index (χ3n) is 5.29. The Balaban J connectivity index is 1.36. The summed E-state index contributed by atoms with van der Waals surface area (Å²) in [6.07, 6.45) is 0. The maximum atomic E-state index is 5.91. The van der Waals surface area contributed by atoms with E-state index in [1.165, 1.54) is 0 Å². The molecule has 3 heterocycles. The maximum Gasteiger partial charge on any atom is 0.253 e. The summed E-state index contributed by atoms with van der Waals surface area (Å²) in [5, 5.41) is 10.00. The van der Waals surface area contributed by atoms with Crippen molar-refractivity contribution < 1.29 is 9.15 Å². The van der Waals surface area contributed by atoms with E-state index in [0.29, 0.717) is 29.1 Å². The van der Waals surface area contributed by atoms with Crippen LogP contribution in [-0.4, -0.2) is 24.7 Å². The third kappa shape index (κ3) is 3.81. The number of hydrogen-bond donors (Lipinski definition) is 0. The van der Waals surface area contributed by atoms with Crippen LogP contribution in [0.3, 0.4) is 0 Å². The zero-order valence-electron chi connectivity index (χ0n) is 17.1. The molecule has 0 radical (unpaired) electrons. The largest absolute Gasteiger partial charge is 0.484 e. The number of benzene rings is 3. The van der Waals surface area contributed by atoms with E-state index in [4.69, 9.17) is 30.7 Å². The highest BCUT2D eigenvalue weighted by Gasteiger charge is 2.17. The van der Waals surface area contributed by atoms with Gasteiger partial charge in [0.05, 0.1) is 16.6 Å². The van der Waals surface area contributed by atoms with Crippen LogP contribution in [0.1, 0.15) is 11.8 Å². The lowest BCUT2D eigenvalue weighted by atomic mass is 10.2. The van der Waals surface area contributed by atoms with Crippen LogP contribution in [-0.2, 0) is 13.2 Å². The van der Waals surface area contributed by atoms with Gasteiger partial charge in [-0.05, 0) is 54.6 Å². The first-order chi connectivity index (χ1) is 16.1. The molecular formula is C24H15BrClN5O2. The van der Waals surface area contributed by atoms with E-state index >= 15 is 0 Å². The monoisotopic (exact) mass is 519 g/mol. The molecule has 0 saturated carbocycles. The van der Waals surface area contributed by atoms with Crippen molar-refractivity contribution in [2.24, 2.45) is 0 Å². The van der Waals surface area contributed by atoms with Gasteiger partial charge in [0.25, 0.3) is 5.89 Å². The first-order valence-electron chi connectivity index (χ1n) is 10.2. The minimum Gasteiger partial charge on any atom is -0.484 e. The van der Waals surface area contributed by atoms with Gasteiger partial charge >= 0.3 is 0 Å². The number of halogens is 2. The maximum absolute atomic E-state index is 5.91. The summed E-state index contributed by atoms with van der Waals surface area (Å²) in [6.45, 7) is 0.530.